The lowest BCUT2D eigenvalue weighted by Crippen LogP contribution is -2.28. The van der Waals surface area contributed by atoms with Gasteiger partial charge in [0.15, 0.2) is 0 Å². The molecule has 2 amide bonds. The van der Waals surface area contributed by atoms with Gasteiger partial charge in [0, 0.05) is 37.5 Å². The maximum Gasteiger partial charge on any atom is 0.251 e. The molecule has 0 spiro atoms. The normalized spacial score (nSPS) is 12.4. The lowest BCUT2D eigenvalue weighted by molar-refractivity contribution is -0.118. The molecule has 0 fully saturated rings. The predicted molar refractivity (Wildman–Crippen MR) is 120 cm³/mol. The lowest BCUT2D eigenvalue weighted by atomic mass is 9.99. The molecule has 1 aliphatic rings. The van der Waals surface area contributed by atoms with Crippen molar-refractivity contribution in [2.24, 2.45) is 0 Å². The number of hydrogen-bond donors (Lipinski definition) is 1. The summed E-state index contributed by atoms with van der Waals surface area (Å²) in [6.45, 7) is 2.98. The topological polar surface area (TPSA) is 71.5 Å². The highest BCUT2D eigenvalue weighted by molar-refractivity contribution is 5.98. The van der Waals surface area contributed by atoms with Gasteiger partial charge in [0.1, 0.15) is 5.75 Å². The van der Waals surface area contributed by atoms with E-state index in [0.717, 1.165) is 34.4 Å². The molecule has 0 bridgehead atoms. The Kier molecular flexibility index (Phi) is 5.98. The third-order valence-corrected chi connectivity index (χ3v) is 5.51. The molecule has 2 aromatic carbocycles. The van der Waals surface area contributed by atoms with E-state index >= 15 is 0 Å². The second kappa shape index (κ2) is 9.00. The number of nitrogens with zero attached hydrogens (tertiary/aromatic N) is 2. The second-order valence-electron chi connectivity index (χ2n) is 7.46. The average molecular weight is 415 g/mol. The van der Waals surface area contributed by atoms with E-state index in [4.69, 9.17) is 4.74 Å². The van der Waals surface area contributed by atoms with Crippen LogP contribution >= 0.6 is 0 Å². The van der Waals surface area contributed by atoms with E-state index in [1.54, 1.807) is 19.5 Å². The molecule has 0 saturated heterocycles. The number of carbonyl (C=O) groups excluding carboxylic acids is 2. The molecule has 3 aromatic rings. The molecule has 4 rings (SSSR count). The summed E-state index contributed by atoms with van der Waals surface area (Å²) < 4.78 is 5.62. The van der Waals surface area contributed by atoms with Gasteiger partial charge in [0.2, 0.25) is 5.91 Å². The fourth-order valence-corrected chi connectivity index (χ4v) is 3.87. The minimum atomic E-state index is -0.129. The van der Waals surface area contributed by atoms with E-state index < -0.39 is 0 Å². The van der Waals surface area contributed by atoms with Crippen molar-refractivity contribution in [2.45, 2.75) is 26.3 Å². The standard InChI is InChI=1S/C25H25N3O3/c1-3-23(29)28-12-10-20-13-21(14-22(31-2)24(20)28)18-6-8-19(9-7-18)25(30)27-16-17-5-4-11-26-15-17/h4-9,11,13-15H,3,10,12,16H2,1-2H3,(H,27,30). The summed E-state index contributed by atoms with van der Waals surface area (Å²) in [6, 6.07) is 15.3. The minimum Gasteiger partial charge on any atom is -0.495 e. The van der Waals surface area contributed by atoms with Crippen LogP contribution in [0.4, 0.5) is 5.69 Å². The molecule has 0 radical (unpaired) electrons. The molecule has 2 heterocycles. The highest BCUT2D eigenvalue weighted by Crippen LogP contribution is 2.41. The molecule has 0 aliphatic carbocycles. The van der Waals surface area contributed by atoms with E-state index in [2.05, 4.69) is 16.4 Å². The average Bonchev–Trinajstić information content (AvgIpc) is 3.26. The summed E-state index contributed by atoms with van der Waals surface area (Å²) in [5, 5.41) is 2.91. The van der Waals surface area contributed by atoms with Gasteiger partial charge in [-0.05, 0) is 59.0 Å². The van der Waals surface area contributed by atoms with Gasteiger partial charge in [-0.1, -0.05) is 25.1 Å². The summed E-state index contributed by atoms with van der Waals surface area (Å²) >= 11 is 0. The summed E-state index contributed by atoms with van der Waals surface area (Å²) in [7, 11) is 1.63. The molecule has 158 valence electrons. The molecule has 1 N–H and O–H groups in total. The zero-order valence-electron chi connectivity index (χ0n) is 17.7. The van der Waals surface area contributed by atoms with Gasteiger partial charge in [-0.25, -0.2) is 0 Å². The van der Waals surface area contributed by atoms with Crippen LogP contribution in [0.1, 0.15) is 34.8 Å². The fourth-order valence-electron chi connectivity index (χ4n) is 3.87. The Morgan fingerprint density at radius 1 is 1.13 bits per heavy atom. The molecule has 0 atom stereocenters. The molecular formula is C25H25N3O3. The Labute approximate surface area is 181 Å². The van der Waals surface area contributed by atoms with E-state index in [9.17, 15) is 9.59 Å². The highest BCUT2D eigenvalue weighted by atomic mass is 16.5. The highest BCUT2D eigenvalue weighted by Gasteiger charge is 2.28. The molecular weight excluding hydrogens is 390 g/mol. The number of nitrogens with one attached hydrogen (secondary N) is 1. The van der Waals surface area contributed by atoms with Gasteiger partial charge in [-0.3, -0.25) is 14.6 Å². The zero-order valence-corrected chi connectivity index (χ0v) is 17.7. The van der Waals surface area contributed by atoms with Gasteiger partial charge in [0.25, 0.3) is 5.91 Å². The number of amides is 2. The quantitative estimate of drug-likeness (QED) is 0.661. The fraction of sp³-hybridized carbons (Fsp3) is 0.240. The van der Waals surface area contributed by atoms with Gasteiger partial charge in [-0.2, -0.15) is 0 Å². The van der Waals surface area contributed by atoms with E-state index in [1.165, 1.54) is 0 Å². The van der Waals surface area contributed by atoms with Crippen molar-refractivity contribution in [1.29, 1.82) is 0 Å². The minimum absolute atomic E-state index is 0.103. The Morgan fingerprint density at radius 2 is 1.94 bits per heavy atom. The van der Waals surface area contributed by atoms with Gasteiger partial charge >= 0.3 is 0 Å². The third-order valence-electron chi connectivity index (χ3n) is 5.51. The van der Waals surface area contributed by atoms with Crippen molar-refractivity contribution in [2.75, 3.05) is 18.6 Å². The molecule has 6 nitrogen and oxygen atoms in total. The molecule has 0 saturated carbocycles. The number of benzene rings is 2. The first-order chi connectivity index (χ1) is 15.1. The first kappa shape index (κ1) is 20.6. The molecule has 1 aromatic heterocycles. The first-order valence-electron chi connectivity index (χ1n) is 10.4. The van der Waals surface area contributed by atoms with E-state index in [0.29, 0.717) is 30.8 Å². The number of anilines is 1. The Balaban J connectivity index is 1.53. The summed E-state index contributed by atoms with van der Waals surface area (Å²) in [5.74, 6) is 0.673. The maximum atomic E-state index is 12.5. The largest absolute Gasteiger partial charge is 0.495 e. The number of rotatable bonds is 6. The van der Waals surface area contributed by atoms with Crippen LogP contribution < -0.4 is 15.0 Å². The van der Waals surface area contributed by atoms with Crippen LogP contribution in [-0.2, 0) is 17.8 Å². The number of carbonyl (C=O) groups is 2. The van der Waals surface area contributed by atoms with E-state index in [1.807, 2.05) is 54.3 Å². The van der Waals surface area contributed by atoms with Crippen molar-refractivity contribution in [3.05, 3.63) is 77.6 Å². The predicted octanol–water partition coefficient (Wildman–Crippen LogP) is 3.99. The van der Waals surface area contributed by atoms with Gasteiger partial charge in [-0.15, -0.1) is 0 Å². The van der Waals surface area contributed by atoms with Crippen molar-refractivity contribution in [3.63, 3.8) is 0 Å². The van der Waals surface area contributed by atoms with Crippen molar-refractivity contribution >= 4 is 17.5 Å². The van der Waals surface area contributed by atoms with Crippen molar-refractivity contribution < 1.29 is 14.3 Å². The monoisotopic (exact) mass is 415 g/mol. The SMILES string of the molecule is CCC(=O)N1CCc2cc(-c3ccc(C(=O)NCc4cccnc4)cc3)cc(OC)c21. The van der Waals surface area contributed by atoms with Crippen molar-refractivity contribution in [1.82, 2.24) is 10.3 Å². The molecule has 0 unspecified atom stereocenters. The lowest BCUT2D eigenvalue weighted by Gasteiger charge is -2.20. The molecule has 31 heavy (non-hydrogen) atoms. The summed E-state index contributed by atoms with van der Waals surface area (Å²) in [4.78, 5) is 30.6. The first-order valence-corrected chi connectivity index (χ1v) is 10.4. The third kappa shape index (κ3) is 4.28. The summed E-state index contributed by atoms with van der Waals surface area (Å²) in [6.07, 6.45) is 4.71. The summed E-state index contributed by atoms with van der Waals surface area (Å²) in [5.41, 5.74) is 5.53. The van der Waals surface area contributed by atoms with Gasteiger partial charge < -0.3 is 15.0 Å². The second-order valence-corrected chi connectivity index (χ2v) is 7.46. The number of aromatic nitrogens is 1. The van der Waals surface area contributed by atoms with Crippen LogP contribution in [0.5, 0.6) is 5.75 Å². The van der Waals surface area contributed by atoms with Crippen LogP contribution in [0.3, 0.4) is 0 Å². The van der Waals surface area contributed by atoms with Crippen LogP contribution in [-0.4, -0.2) is 30.5 Å². The van der Waals surface area contributed by atoms with Crippen LogP contribution in [0, 0.1) is 0 Å². The molecule has 1 aliphatic heterocycles. The number of methoxy groups -OCH3 is 1. The van der Waals surface area contributed by atoms with E-state index in [-0.39, 0.29) is 11.8 Å². The van der Waals surface area contributed by atoms with Crippen LogP contribution in [0.2, 0.25) is 0 Å². The van der Waals surface area contributed by atoms with Crippen LogP contribution in [0.15, 0.2) is 60.9 Å². The van der Waals surface area contributed by atoms with Crippen LogP contribution in [0.25, 0.3) is 11.1 Å². The number of ether oxygens (including phenoxy) is 1. The van der Waals surface area contributed by atoms with Crippen molar-refractivity contribution in [3.8, 4) is 16.9 Å². The zero-order chi connectivity index (χ0) is 21.8. The maximum absolute atomic E-state index is 12.5. The smallest absolute Gasteiger partial charge is 0.251 e. The number of fused-ring (bicyclic) bond motifs is 1. The Morgan fingerprint density at radius 3 is 2.61 bits per heavy atom. The number of pyridine rings is 1. The Bertz CT molecular complexity index is 1100. The molecule has 6 heteroatoms. The van der Waals surface area contributed by atoms with Gasteiger partial charge in [0.05, 0.1) is 12.8 Å². The number of hydrogen-bond acceptors (Lipinski definition) is 4. The Hall–Kier alpha value is -3.67.